The Morgan fingerprint density at radius 3 is 2.79 bits per heavy atom. The Labute approximate surface area is 140 Å². The van der Waals surface area contributed by atoms with Crippen molar-refractivity contribution < 1.29 is 9.13 Å². The molecule has 0 unspecified atom stereocenters. The highest BCUT2D eigenvalue weighted by molar-refractivity contribution is 5.49. The van der Waals surface area contributed by atoms with Crippen molar-refractivity contribution in [3.63, 3.8) is 0 Å². The fraction of sp³-hybridized carbons (Fsp3) is 0.438. The molecule has 2 aromatic heterocycles. The van der Waals surface area contributed by atoms with Crippen LogP contribution in [0.15, 0.2) is 24.7 Å². The second-order valence-electron chi connectivity index (χ2n) is 5.51. The number of aryl methyl sites for hydroxylation is 1. The summed E-state index contributed by atoms with van der Waals surface area (Å²) in [5.41, 5.74) is 2.13. The molecular weight excluding hydrogens is 311 g/mol. The average Bonchev–Trinajstić information content (AvgIpc) is 2.62. The highest BCUT2D eigenvalue weighted by atomic mass is 19.1. The molecule has 0 radical (unpaired) electrons. The van der Waals surface area contributed by atoms with Gasteiger partial charge in [-0.2, -0.15) is 4.98 Å². The lowest BCUT2D eigenvalue weighted by Gasteiger charge is -2.28. The number of nitrogens with zero attached hydrogens (tertiary/aromatic N) is 4. The monoisotopic (exact) mass is 332 g/mol. The molecule has 0 amide bonds. The summed E-state index contributed by atoms with van der Waals surface area (Å²) in [6.45, 7) is 5.75. The standard InChI is InChI=1S/C16H21FN6O/c1-12-10-18-3-2-14(12)19-4-5-20-16-21-11-13(17)15(22-16)23-6-8-24-9-7-23/h2-3,10-11H,4-9H2,1H3,(H,18,19)(H,20,21,22). The van der Waals surface area contributed by atoms with Crippen LogP contribution in [-0.4, -0.2) is 54.3 Å². The van der Waals surface area contributed by atoms with Gasteiger partial charge in [-0.1, -0.05) is 0 Å². The van der Waals surface area contributed by atoms with Gasteiger partial charge in [0.15, 0.2) is 11.6 Å². The van der Waals surface area contributed by atoms with E-state index in [4.69, 9.17) is 4.74 Å². The van der Waals surface area contributed by atoms with Gasteiger partial charge in [-0.05, 0) is 18.6 Å². The van der Waals surface area contributed by atoms with Crippen LogP contribution in [0.2, 0.25) is 0 Å². The number of ether oxygens (including phenoxy) is 1. The van der Waals surface area contributed by atoms with Crippen molar-refractivity contribution in [2.24, 2.45) is 0 Å². The van der Waals surface area contributed by atoms with Gasteiger partial charge in [0.25, 0.3) is 0 Å². The first kappa shape index (κ1) is 16.4. The Kier molecular flexibility index (Phi) is 5.37. The highest BCUT2D eigenvalue weighted by Gasteiger charge is 2.17. The lowest BCUT2D eigenvalue weighted by molar-refractivity contribution is 0.122. The second-order valence-corrected chi connectivity index (χ2v) is 5.51. The molecule has 1 aliphatic rings. The molecule has 8 heteroatoms. The van der Waals surface area contributed by atoms with Gasteiger partial charge in [-0.3, -0.25) is 4.98 Å². The van der Waals surface area contributed by atoms with Crippen LogP contribution >= 0.6 is 0 Å². The molecule has 7 nitrogen and oxygen atoms in total. The van der Waals surface area contributed by atoms with Crippen LogP contribution in [0, 0.1) is 12.7 Å². The number of aromatic nitrogens is 3. The SMILES string of the molecule is Cc1cnccc1NCCNc1ncc(F)c(N2CCOCC2)n1. The quantitative estimate of drug-likeness (QED) is 0.780. The Hall–Kier alpha value is -2.48. The van der Waals surface area contributed by atoms with E-state index in [9.17, 15) is 4.39 Å². The largest absolute Gasteiger partial charge is 0.383 e. The summed E-state index contributed by atoms with van der Waals surface area (Å²) in [4.78, 5) is 14.2. The van der Waals surface area contributed by atoms with Gasteiger partial charge in [0.05, 0.1) is 19.4 Å². The van der Waals surface area contributed by atoms with Crippen molar-refractivity contribution in [1.29, 1.82) is 0 Å². The molecule has 3 rings (SSSR count). The Bertz CT molecular complexity index is 677. The molecule has 128 valence electrons. The fourth-order valence-corrected chi connectivity index (χ4v) is 2.48. The van der Waals surface area contributed by atoms with Crippen molar-refractivity contribution in [2.75, 3.05) is 54.9 Å². The van der Waals surface area contributed by atoms with Crippen LogP contribution in [0.4, 0.5) is 21.8 Å². The third kappa shape index (κ3) is 4.08. The smallest absolute Gasteiger partial charge is 0.224 e. The van der Waals surface area contributed by atoms with Crippen LogP contribution in [0.5, 0.6) is 0 Å². The molecular formula is C16H21FN6O. The molecule has 0 atom stereocenters. The summed E-state index contributed by atoms with van der Waals surface area (Å²) in [5.74, 6) is 0.341. The molecule has 1 fully saturated rings. The van der Waals surface area contributed by atoms with Crippen LogP contribution < -0.4 is 15.5 Å². The van der Waals surface area contributed by atoms with Crippen LogP contribution in [0.3, 0.4) is 0 Å². The summed E-state index contributed by atoms with van der Waals surface area (Å²) < 4.78 is 19.2. The summed E-state index contributed by atoms with van der Waals surface area (Å²) in [6, 6.07) is 1.93. The molecule has 3 heterocycles. The summed E-state index contributed by atoms with van der Waals surface area (Å²) >= 11 is 0. The van der Waals surface area contributed by atoms with E-state index in [-0.39, 0.29) is 0 Å². The van der Waals surface area contributed by atoms with E-state index in [2.05, 4.69) is 25.6 Å². The van der Waals surface area contributed by atoms with Gasteiger partial charge >= 0.3 is 0 Å². The molecule has 0 spiro atoms. The zero-order chi connectivity index (χ0) is 16.8. The Morgan fingerprint density at radius 1 is 1.21 bits per heavy atom. The van der Waals surface area contributed by atoms with E-state index >= 15 is 0 Å². The van der Waals surface area contributed by atoms with Gasteiger partial charge in [-0.25, -0.2) is 9.37 Å². The van der Waals surface area contributed by atoms with Crippen molar-refractivity contribution in [1.82, 2.24) is 15.0 Å². The van der Waals surface area contributed by atoms with E-state index in [0.29, 0.717) is 51.2 Å². The summed E-state index contributed by atoms with van der Waals surface area (Å²) in [5, 5.41) is 6.43. The van der Waals surface area contributed by atoms with Crippen LogP contribution in [0.1, 0.15) is 5.56 Å². The maximum Gasteiger partial charge on any atom is 0.224 e. The maximum absolute atomic E-state index is 14.0. The zero-order valence-corrected chi connectivity index (χ0v) is 13.6. The first-order chi connectivity index (χ1) is 11.7. The third-order valence-corrected chi connectivity index (χ3v) is 3.78. The van der Waals surface area contributed by atoms with E-state index in [1.54, 1.807) is 6.20 Å². The Morgan fingerprint density at radius 2 is 2.00 bits per heavy atom. The minimum Gasteiger partial charge on any atom is -0.383 e. The zero-order valence-electron chi connectivity index (χ0n) is 13.6. The minimum atomic E-state index is -0.409. The van der Waals surface area contributed by atoms with Crippen molar-refractivity contribution in [3.05, 3.63) is 36.0 Å². The molecule has 24 heavy (non-hydrogen) atoms. The molecule has 0 aliphatic carbocycles. The summed E-state index contributed by atoms with van der Waals surface area (Å²) in [7, 11) is 0. The number of morpholine rings is 1. The van der Waals surface area contributed by atoms with Crippen molar-refractivity contribution >= 4 is 17.5 Å². The number of anilines is 3. The molecule has 2 N–H and O–H groups in total. The fourth-order valence-electron chi connectivity index (χ4n) is 2.48. The summed E-state index contributed by atoms with van der Waals surface area (Å²) in [6.07, 6.45) is 4.77. The minimum absolute atomic E-state index is 0.328. The van der Waals surface area contributed by atoms with E-state index < -0.39 is 5.82 Å². The van der Waals surface area contributed by atoms with E-state index in [1.807, 2.05) is 24.1 Å². The maximum atomic E-state index is 14.0. The predicted octanol–water partition coefficient (Wildman–Crippen LogP) is 1.68. The second kappa shape index (κ2) is 7.87. The number of nitrogens with one attached hydrogen (secondary N) is 2. The lowest BCUT2D eigenvalue weighted by Crippen LogP contribution is -2.37. The highest BCUT2D eigenvalue weighted by Crippen LogP contribution is 2.18. The molecule has 0 bridgehead atoms. The van der Waals surface area contributed by atoms with Gasteiger partial charge < -0.3 is 20.3 Å². The van der Waals surface area contributed by atoms with E-state index in [0.717, 1.165) is 11.3 Å². The number of pyridine rings is 1. The van der Waals surface area contributed by atoms with E-state index in [1.165, 1.54) is 6.20 Å². The number of hydrogen-bond acceptors (Lipinski definition) is 7. The molecule has 0 saturated carbocycles. The lowest BCUT2D eigenvalue weighted by atomic mass is 10.2. The first-order valence-electron chi connectivity index (χ1n) is 7.97. The molecule has 1 aliphatic heterocycles. The van der Waals surface area contributed by atoms with Crippen LogP contribution in [0.25, 0.3) is 0 Å². The topological polar surface area (TPSA) is 75.2 Å². The van der Waals surface area contributed by atoms with Crippen molar-refractivity contribution in [3.8, 4) is 0 Å². The third-order valence-electron chi connectivity index (χ3n) is 3.78. The predicted molar refractivity (Wildman–Crippen MR) is 91.0 cm³/mol. The van der Waals surface area contributed by atoms with Crippen molar-refractivity contribution in [2.45, 2.75) is 6.92 Å². The van der Waals surface area contributed by atoms with Gasteiger partial charge in [0.1, 0.15) is 0 Å². The number of rotatable bonds is 6. The van der Waals surface area contributed by atoms with Crippen LogP contribution in [-0.2, 0) is 4.74 Å². The Balaban J connectivity index is 1.54. The molecule has 2 aromatic rings. The first-order valence-corrected chi connectivity index (χ1v) is 7.97. The van der Waals surface area contributed by atoms with Gasteiger partial charge in [-0.15, -0.1) is 0 Å². The number of hydrogen-bond donors (Lipinski definition) is 2. The van der Waals surface area contributed by atoms with Gasteiger partial charge in [0.2, 0.25) is 5.95 Å². The van der Waals surface area contributed by atoms with Gasteiger partial charge in [0, 0.05) is 44.3 Å². The average molecular weight is 332 g/mol. The molecule has 0 aromatic carbocycles. The normalized spacial score (nSPS) is 14.5. The number of halogens is 1. The molecule has 1 saturated heterocycles.